The van der Waals surface area contributed by atoms with Gasteiger partial charge in [-0.05, 0) is 43.0 Å². The van der Waals surface area contributed by atoms with Crippen LogP contribution >= 0.6 is 0 Å². The Labute approximate surface area is 94.1 Å². The minimum atomic E-state index is 0.251. The van der Waals surface area contributed by atoms with Gasteiger partial charge in [-0.15, -0.1) is 0 Å². The fourth-order valence-electron chi connectivity index (χ4n) is 2.62. The van der Waals surface area contributed by atoms with Crippen molar-refractivity contribution in [3.63, 3.8) is 0 Å². The van der Waals surface area contributed by atoms with E-state index < -0.39 is 0 Å². The van der Waals surface area contributed by atoms with Gasteiger partial charge in [0.2, 0.25) is 5.91 Å². The number of rotatable bonds is 2. The van der Waals surface area contributed by atoms with E-state index in [2.05, 4.69) is 0 Å². The molecule has 0 atom stereocenters. The summed E-state index contributed by atoms with van der Waals surface area (Å²) in [5.74, 6) is 1.19. The molecule has 1 aromatic carbocycles. The molecule has 1 aromatic rings. The molecule has 0 spiro atoms. The molecule has 1 amide bonds. The molecule has 0 radical (unpaired) electrons. The second-order valence-corrected chi connectivity index (χ2v) is 4.69. The summed E-state index contributed by atoms with van der Waals surface area (Å²) in [6, 6.07) is 7.23. The number of aldehydes is 1. The Hall–Kier alpha value is -1.64. The first kappa shape index (κ1) is 9.58. The molecule has 82 valence electrons. The molecule has 0 N–H and O–H groups in total. The molecular weight excluding hydrogens is 202 g/mol. The fraction of sp³-hybridized carbons (Fsp3) is 0.385. The molecule has 1 saturated carbocycles. The Bertz CT molecular complexity index is 432. The maximum absolute atomic E-state index is 12.0. The number of benzene rings is 1. The van der Waals surface area contributed by atoms with Gasteiger partial charge in [-0.25, -0.2) is 0 Å². The third-order valence-corrected chi connectivity index (χ3v) is 3.63. The summed E-state index contributed by atoms with van der Waals surface area (Å²) >= 11 is 0. The second-order valence-electron chi connectivity index (χ2n) is 4.69. The predicted octanol–water partition coefficient (Wildman–Crippen LogP) is 1.87. The quantitative estimate of drug-likeness (QED) is 0.706. The second kappa shape index (κ2) is 3.44. The first-order valence-electron chi connectivity index (χ1n) is 5.64. The van der Waals surface area contributed by atoms with Crippen molar-refractivity contribution in [3.8, 4) is 0 Å². The number of anilines is 1. The zero-order chi connectivity index (χ0) is 11.1. The fourth-order valence-corrected chi connectivity index (χ4v) is 2.62. The van der Waals surface area contributed by atoms with Crippen molar-refractivity contribution in [1.82, 2.24) is 0 Å². The van der Waals surface area contributed by atoms with Gasteiger partial charge in [-0.3, -0.25) is 9.59 Å². The van der Waals surface area contributed by atoms with Crippen LogP contribution in [0.2, 0.25) is 0 Å². The van der Waals surface area contributed by atoms with Gasteiger partial charge in [-0.1, -0.05) is 0 Å². The lowest BCUT2D eigenvalue weighted by atomic mass is 9.70. The summed E-state index contributed by atoms with van der Waals surface area (Å²) in [6.07, 6.45) is 2.96. The van der Waals surface area contributed by atoms with E-state index in [1.54, 1.807) is 12.1 Å². The molecule has 3 heteroatoms. The van der Waals surface area contributed by atoms with Crippen LogP contribution in [0.1, 0.15) is 23.2 Å². The zero-order valence-electron chi connectivity index (χ0n) is 8.93. The number of hydrogen-bond donors (Lipinski definition) is 0. The number of piperidine rings is 2. The lowest BCUT2D eigenvalue weighted by Crippen LogP contribution is -2.53. The Morgan fingerprint density at radius 2 is 1.88 bits per heavy atom. The van der Waals surface area contributed by atoms with Crippen LogP contribution in [0.3, 0.4) is 0 Å². The van der Waals surface area contributed by atoms with Crippen molar-refractivity contribution in [2.24, 2.45) is 11.8 Å². The summed E-state index contributed by atoms with van der Waals surface area (Å²) < 4.78 is 0. The number of amides is 1. The normalized spacial score (nSPS) is 27.5. The molecule has 2 aliphatic heterocycles. The van der Waals surface area contributed by atoms with Crippen LogP contribution in [0.5, 0.6) is 0 Å². The molecule has 1 aliphatic carbocycles. The van der Waals surface area contributed by atoms with E-state index in [-0.39, 0.29) is 11.8 Å². The topological polar surface area (TPSA) is 37.4 Å². The monoisotopic (exact) mass is 215 g/mol. The number of hydrogen-bond acceptors (Lipinski definition) is 2. The van der Waals surface area contributed by atoms with Crippen LogP contribution in [0.15, 0.2) is 24.3 Å². The maximum atomic E-state index is 12.0. The average Bonchev–Trinajstić information content (AvgIpc) is 2.28. The SMILES string of the molecule is O=Cc1ccc(N2CC3CC(C3)C2=O)cc1. The highest BCUT2D eigenvalue weighted by Gasteiger charge is 2.43. The predicted molar refractivity (Wildman–Crippen MR) is 60.4 cm³/mol. The van der Waals surface area contributed by atoms with Gasteiger partial charge in [0.1, 0.15) is 6.29 Å². The van der Waals surface area contributed by atoms with E-state index in [9.17, 15) is 9.59 Å². The molecule has 16 heavy (non-hydrogen) atoms. The van der Waals surface area contributed by atoms with Gasteiger partial charge in [0, 0.05) is 23.7 Å². The van der Waals surface area contributed by atoms with Crippen LogP contribution in [0.4, 0.5) is 5.69 Å². The van der Waals surface area contributed by atoms with Gasteiger partial charge in [-0.2, -0.15) is 0 Å². The van der Waals surface area contributed by atoms with Gasteiger partial charge in [0.15, 0.2) is 0 Å². The van der Waals surface area contributed by atoms with E-state index in [1.807, 2.05) is 17.0 Å². The van der Waals surface area contributed by atoms with E-state index in [1.165, 1.54) is 0 Å². The summed E-state index contributed by atoms with van der Waals surface area (Å²) in [6.45, 7) is 0.843. The molecule has 3 nitrogen and oxygen atoms in total. The minimum Gasteiger partial charge on any atom is -0.312 e. The number of nitrogens with zero attached hydrogens (tertiary/aromatic N) is 1. The number of carbonyl (C=O) groups is 2. The van der Waals surface area contributed by atoms with Crippen LogP contribution < -0.4 is 4.90 Å². The Morgan fingerprint density at radius 3 is 2.44 bits per heavy atom. The molecule has 2 bridgehead atoms. The lowest BCUT2D eigenvalue weighted by molar-refractivity contribution is -0.129. The van der Waals surface area contributed by atoms with Crippen LogP contribution in [-0.4, -0.2) is 18.7 Å². The van der Waals surface area contributed by atoms with E-state index in [4.69, 9.17) is 0 Å². The van der Waals surface area contributed by atoms with E-state index in [0.29, 0.717) is 11.5 Å². The average molecular weight is 215 g/mol. The van der Waals surface area contributed by atoms with Gasteiger partial charge >= 0.3 is 0 Å². The third-order valence-electron chi connectivity index (χ3n) is 3.63. The first-order valence-corrected chi connectivity index (χ1v) is 5.64. The minimum absolute atomic E-state index is 0.251. The smallest absolute Gasteiger partial charge is 0.230 e. The molecule has 3 fully saturated rings. The lowest BCUT2D eigenvalue weighted by Gasteiger charge is -2.46. The number of carbonyl (C=O) groups excluding carboxylic acids is 2. The highest BCUT2D eigenvalue weighted by atomic mass is 16.2. The largest absolute Gasteiger partial charge is 0.312 e. The van der Waals surface area contributed by atoms with Crippen molar-refractivity contribution in [2.45, 2.75) is 12.8 Å². The van der Waals surface area contributed by atoms with E-state index >= 15 is 0 Å². The van der Waals surface area contributed by atoms with Crippen LogP contribution in [-0.2, 0) is 4.79 Å². The van der Waals surface area contributed by atoms with E-state index in [0.717, 1.165) is 31.4 Å². The molecule has 2 heterocycles. The summed E-state index contributed by atoms with van der Waals surface area (Å²) in [7, 11) is 0. The Morgan fingerprint density at radius 1 is 1.19 bits per heavy atom. The van der Waals surface area contributed by atoms with Crippen molar-refractivity contribution in [1.29, 1.82) is 0 Å². The van der Waals surface area contributed by atoms with Crippen LogP contribution in [0.25, 0.3) is 0 Å². The van der Waals surface area contributed by atoms with Crippen molar-refractivity contribution >= 4 is 17.9 Å². The van der Waals surface area contributed by atoms with Gasteiger partial charge in [0.05, 0.1) is 0 Å². The van der Waals surface area contributed by atoms with Crippen LogP contribution in [0, 0.1) is 11.8 Å². The Balaban J connectivity index is 1.86. The van der Waals surface area contributed by atoms with Gasteiger partial charge < -0.3 is 4.90 Å². The molecule has 4 rings (SSSR count). The van der Waals surface area contributed by atoms with Crippen molar-refractivity contribution in [2.75, 3.05) is 11.4 Å². The van der Waals surface area contributed by atoms with Crippen molar-refractivity contribution in [3.05, 3.63) is 29.8 Å². The maximum Gasteiger partial charge on any atom is 0.230 e. The summed E-state index contributed by atoms with van der Waals surface area (Å²) in [4.78, 5) is 24.4. The van der Waals surface area contributed by atoms with Gasteiger partial charge in [0.25, 0.3) is 0 Å². The molecule has 0 aromatic heterocycles. The highest BCUT2D eigenvalue weighted by Crippen LogP contribution is 2.41. The molecule has 0 unspecified atom stereocenters. The Kier molecular flexibility index (Phi) is 2.06. The molecule has 2 saturated heterocycles. The molecule has 3 aliphatic rings. The zero-order valence-corrected chi connectivity index (χ0v) is 8.93. The first-order chi connectivity index (χ1) is 7.78. The summed E-state index contributed by atoms with van der Waals surface area (Å²) in [5.41, 5.74) is 1.57. The van der Waals surface area contributed by atoms with Crippen molar-refractivity contribution < 1.29 is 9.59 Å². The molecular formula is C13H13NO2. The summed E-state index contributed by atoms with van der Waals surface area (Å²) in [5, 5.41) is 0. The third kappa shape index (κ3) is 1.35. The standard InChI is InChI=1S/C13H13NO2/c15-8-9-1-3-12(4-2-9)14-7-10-5-11(6-10)13(14)16/h1-4,8,10-11H,5-7H2. The number of fused-ring (bicyclic) bond motifs is 2. The highest BCUT2D eigenvalue weighted by molar-refractivity contribution is 5.97.